The molecule has 2 nitrogen and oxygen atoms in total. The number of nitrogens with zero attached hydrogens (tertiary/aromatic N) is 2. The average molecular weight is 269 g/mol. The number of halogens is 2. The summed E-state index contributed by atoms with van der Waals surface area (Å²) in [7, 11) is 0. The molecule has 0 fully saturated rings. The third kappa shape index (κ3) is 2.64. The summed E-state index contributed by atoms with van der Waals surface area (Å²) in [6.07, 6.45) is 3.76. The topological polar surface area (TPSA) is 17.8 Å². The standard InChI is InChI=1S/C13H14Cl2N2/c1-9(2)13-16-6-7-17(13)8-10-11(14)4-3-5-12(10)15/h3-7,9H,8H2,1-2H3. The number of aromatic nitrogens is 2. The smallest absolute Gasteiger partial charge is 0.111 e. The summed E-state index contributed by atoms with van der Waals surface area (Å²) in [4.78, 5) is 4.35. The number of imidazole rings is 1. The first-order valence-electron chi connectivity index (χ1n) is 5.53. The maximum absolute atomic E-state index is 6.16. The van der Waals surface area contributed by atoms with E-state index < -0.39 is 0 Å². The quantitative estimate of drug-likeness (QED) is 0.809. The molecule has 0 saturated heterocycles. The Balaban J connectivity index is 2.35. The molecule has 90 valence electrons. The van der Waals surface area contributed by atoms with Gasteiger partial charge < -0.3 is 4.57 Å². The van der Waals surface area contributed by atoms with Crippen molar-refractivity contribution in [3.63, 3.8) is 0 Å². The zero-order valence-corrected chi connectivity index (χ0v) is 11.3. The fraction of sp³-hybridized carbons (Fsp3) is 0.308. The van der Waals surface area contributed by atoms with Gasteiger partial charge in [0.05, 0.1) is 6.54 Å². The Labute approximate surface area is 111 Å². The van der Waals surface area contributed by atoms with Gasteiger partial charge in [-0.2, -0.15) is 0 Å². The highest BCUT2D eigenvalue weighted by molar-refractivity contribution is 6.35. The summed E-state index contributed by atoms with van der Waals surface area (Å²) in [5.41, 5.74) is 0.940. The lowest BCUT2D eigenvalue weighted by atomic mass is 10.2. The van der Waals surface area contributed by atoms with E-state index in [1.54, 1.807) is 6.20 Å². The molecule has 0 saturated carbocycles. The number of hydrogen-bond acceptors (Lipinski definition) is 1. The fourth-order valence-corrected chi connectivity index (χ4v) is 2.33. The van der Waals surface area contributed by atoms with E-state index in [-0.39, 0.29) is 0 Å². The number of hydrogen-bond donors (Lipinski definition) is 0. The van der Waals surface area contributed by atoms with Gasteiger partial charge >= 0.3 is 0 Å². The predicted molar refractivity (Wildman–Crippen MR) is 71.9 cm³/mol. The van der Waals surface area contributed by atoms with Gasteiger partial charge in [-0.3, -0.25) is 0 Å². The summed E-state index contributed by atoms with van der Waals surface area (Å²) in [5, 5.41) is 1.39. The second-order valence-electron chi connectivity index (χ2n) is 4.27. The van der Waals surface area contributed by atoms with Crippen LogP contribution >= 0.6 is 23.2 Å². The van der Waals surface area contributed by atoms with Crippen LogP contribution in [-0.2, 0) is 6.54 Å². The van der Waals surface area contributed by atoms with Crippen molar-refractivity contribution < 1.29 is 0 Å². The maximum Gasteiger partial charge on any atom is 0.111 e. The average Bonchev–Trinajstić information content (AvgIpc) is 2.72. The molecule has 1 aromatic carbocycles. The molecular weight excluding hydrogens is 255 g/mol. The Bertz CT molecular complexity index is 498. The predicted octanol–water partition coefficient (Wildman–Crippen LogP) is 4.36. The third-order valence-electron chi connectivity index (χ3n) is 2.65. The van der Waals surface area contributed by atoms with Gasteiger partial charge in [-0.05, 0) is 12.1 Å². The molecule has 0 radical (unpaired) electrons. The van der Waals surface area contributed by atoms with Crippen LogP contribution < -0.4 is 0 Å². The molecule has 0 amide bonds. The van der Waals surface area contributed by atoms with E-state index in [0.29, 0.717) is 22.5 Å². The van der Waals surface area contributed by atoms with Crippen molar-refractivity contribution in [3.05, 3.63) is 52.0 Å². The lowest BCUT2D eigenvalue weighted by Gasteiger charge is -2.12. The van der Waals surface area contributed by atoms with E-state index in [2.05, 4.69) is 23.4 Å². The van der Waals surface area contributed by atoms with Crippen LogP contribution in [0.3, 0.4) is 0 Å². The molecule has 1 aromatic heterocycles. The zero-order valence-electron chi connectivity index (χ0n) is 9.82. The van der Waals surface area contributed by atoms with E-state index in [1.165, 1.54) is 0 Å². The van der Waals surface area contributed by atoms with E-state index in [9.17, 15) is 0 Å². The van der Waals surface area contributed by atoms with Crippen molar-refractivity contribution in [2.24, 2.45) is 0 Å². The lowest BCUT2D eigenvalue weighted by molar-refractivity contribution is 0.670. The van der Waals surface area contributed by atoms with Gasteiger partial charge in [0.1, 0.15) is 5.82 Å². The van der Waals surface area contributed by atoms with Gasteiger partial charge in [0.2, 0.25) is 0 Å². The van der Waals surface area contributed by atoms with Crippen LogP contribution in [0.2, 0.25) is 10.0 Å². The van der Waals surface area contributed by atoms with Crippen LogP contribution in [0.4, 0.5) is 0 Å². The van der Waals surface area contributed by atoms with Gasteiger partial charge in [0.25, 0.3) is 0 Å². The Kier molecular flexibility index (Phi) is 3.75. The van der Waals surface area contributed by atoms with Crippen molar-refractivity contribution in [1.29, 1.82) is 0 Å². The zero-order chi connectivity index (χ0) is 12.4. The highest BCUT2D eigenvalue weighted by atomic mass is 35.5. The van der Waals surface area contributed by atoms with Crippen molar-refractivity contribution in [2.75, 3.05) is 0 Å². The van der Waals surface area contributed by atoms with Gasteiger partial charge in [-0.15, -0.1) is 0 Å². The van der Waals surface area contributed by atoms with E-state index >= 15 is 0 Å². The van der Waals surface area contributed by atoms with Gasteiger partial charge in [0, 0.05) is 33.9 Å². The summed E-state index contributed by atoms with van der Waals surface area (Å²) in [6.45, 7) is 4.89. The Morgan fingerprint density at radius 2 is 1.88 bits per heavy atom. The minimum Gasteiger partial charge on any atom is -0.330 e. The summed E-state index contributed by atoms with van der Waals surface area (Å²) < 4.78 is 2.08. The van der Waals surface area contributed by atoms with E-state index in [4.69, 9.17) is 23.2 Å². The highest BCUT2D eigenvalue weighted by Crippen LogP contribution is 2.26. The molecule has 2 rings (SSSR count). The van der Waals surface area contributed by atoms with Crippen molar-refractivity contribution >= 4 is 23.2 Å². The molecular formula is C13H14Cl2N2. The lowest BCUT2D eigenvalue weighted by Crippen LogP contribution is -2.06. The van der Waals surface area contributed by atoms with E-state index in [1.807, 2.05) is 24.4 Å². The first-order chi connectivity index (χ1) is 8.09. The Morgan fingerprint density at radius 1 is 1.24 bits per heavy atom. The molecule has 0 aliphatic carbocycles. The molecule has 0 unspecified atom stereocenters. The molecule has 0 aliphatic rings. The fourth-order valence-electron chi connectivity index (χ4n) is 1.81. The van der Waals surface area contributed by atoms with Crippen LogP contribution in [0.15, 0.2) is 30.6 Å². The Hall–Kier alpha value is -0.990. The van der Waals surface area contributed by atoms with Crippen molar-refractivity contribution in [1.82, 2.24) is 9.55 Å². The normalized spacial score (nSPS) is 11.1. The second kappa shape index (κ2) is 5.11. The first kappa shape index (κ1) is 12.5. The van der Waals surface area contributed by atoms with Crippen molar-refractivity contribution in [2.45, 2.75) is 26.3 Å². The molecule has 17 heavy (non-hydrogen) atoms. The minimum atomic E-state index is 0.381. The third-order valence-corrected chi connectivity index (χ3v) is 3.36. The molecule has 4 heteroatoms. The largest absolute Gasteiger partial charge is 0.330 e. The monoisotopic (exact) mass is 268 g/mol. The molecule has 2 aromatic rings. The minimum absolute atomic E-state index is 0.381. The molecule has 0 aliphatic heterocycles. The molecule has 0 spiro atoms. The Morgan fingerprint density at radius 3 is 2.47 bits per heavy atom. The maximum atomic E-state index is 6.16. The van der Waals surface area contributed by atoms with Crippen LogP contribution in [0.25, 0.3) is 0 Å². The van der Waals surface area contributed by atoms with Crippen LogP contribution in [0.5, 0.6) is 0 Å². The first-order valence-corrected chi connectivity index (χ1v) is 6.29. The molecule has 0 N–H and O–H groups in total. The van der Waals surface area contributed by atoms with Crippen molar-refractivity contribution in [3.8, 4) is 0 Å². The van der Waals surface area contributed by atoms with Gasteiger partial charge in [-0.1, -0.05) is 43.1 Å². The number of rotatable bonds is 3. The van der Waals surface area contributed by atoms with Crippen LogP contribution in [0.1, 0.15) is 31.2 Å². The molecule has 0 atom stereocenters. The highest BCUT2D eigenvalue weighted by Gasteiger charge is 2.11. The second-order valence-corrected chi connectivity index (χ2v) is 5.08. The summed E-state index contributed by atoms with van der Waals surface area (Å²) in [5.74, 6) is 1.42. The SMILES string of the molecule is CC(C)c1nccn1Cc1c(Cl)cccc1Cl. The van der Waals surface area contributed by atoms with Gasteiger partial charge in [0.15, 0.2) is 0 Å². The number of benzene rings is 1. The van der Waals surface area contributed by atoms with Crippen LogP contribution in [0, 0.1) is 0 Å². The van der Waals surface area contributed by atoms with Crippen LogP contribution in [-0.4, -0.2) is 9.55 Å². The van der Waals surface area contributed by atoms with Gasteiger partial charge in [-0.25, -0.2) is 4.98 Å². The summed E-state index contributed by atoms with van der Waals surface area (Å²) in [6, 6.07) is 5.56. The summed E-state index contributed by atoms with van der Waals surface area (Å²) >= 11 is 12.3. The molecule has 0 bridgehead atoms. The molecule has 1 heterocycles. The van der Waals surface area contributed by atoms with E-state index in [0.717, 1.165) is 11.4 Å².